The zero-order valence-electron chi connectivity index (χ0n) is 17.7. The van der Waals surface area contributed by atoms with E-state index in [-0.39, 0.29) is 17.8 Å². The van der Waals surface area contributed by atoms with Crippen LogP contribution in [0.1, 0.15) is 24.4 Å². The molecule has 0 radical (unpaired) electrons. The van der Waals surface area contributed by atoms with Gasteiger partial charge in [-0.25, -0.2) is 4.39 Å². The number of hydrogen-bond donors (Lipinski definition) is 1. The number of para-hydroxylation sites is 1. The number of aryl methyl sites for hydroxylation is 1. The maximum Gasteiger partial charge on any atom is 0.244 e. The number of halogens is 1. The van der Waals surface area contributed by atoms with Gasteiger partial charge in [0.1, 0.15) is 5.82 Å². The van der Waals surface area contributed by atoms with Gasteiger partial charge in [-0.15, -0.1) is 0 Å². The number of aromatic nitrogens is 2. The third-order valence-corrected chi connectivity index (χ3v) is 5.59. The number of carbonyl (C=O) groups excluding carboxylic acids is 1. The summed E-state index contributed by atoms with van der Waals surface area (Å²) in [7, 11) is 0. The number of nitrogens with zero attached hydrogens (tertiary/aromatic N) is 4. The average molecular weight is 423 g/mol. The lowest BCUT2D eigenvalue weighted by molar-refractivity contribution is -0.117. The molecule has 0 aliphatic carbocycles. The van der Waals surface area contributed by atoms with Crippen molar-refractivity contribution in [3.8, 4) is 11.4 Å². The zero-order valence-corrected chi connectivity index (χ0v) is 17.7. The number of rotatable bonds is 6. The number of anilines is 1. The van der Waals surface area contributed by atoms with Crippen molar-refractivity contribution >= 4 is 11.6 Å². The maximum absolute atomic E-state index is 13.5. The van der Waals surface area contributed by atoms with E-state index in [1.807, 2.05) is 37.3 Å². The minimum absolute atomic E-state index is 0.0103. The molecular formula is C23H26FN5O2. The molecule has 1 saturated heterocycles. The number of amides is 1. The first-order chi connectivity index (χ1) is 15.0. The van der Waals surface area contributed by atoms with Gasteiger partial charge in [-0.3, -0.25) is 14.6 Å². The van der Waals surface area contributed by atoms with Gasteiger partial charge in [0.05, 0.1) is 12.6 Å². The first kappa shape index (κ1) is 21.1. The molecule has 1 atom stereocenters. The van der Waals surface area contributed by atoms with E-state index in [2.05, 4.69) is 25.3 Å². The second kappa shape index (κ2) is 9.36. The van der Waals surface area contributed by atoms with Crippen LogP contribution in [0.25, 0.3) is 11.4 Å². The highest BCUT2D eigenvalue weighted by atomic mass is 19.1. The molecule has 2 heterocycles. The van der Waals surface area contributed by atoms with E-state index < -0.39 is 0 Å². The highest BCUT2D eigenvalue weighted by Crippen LogP contribution is 2.24. The van der Waals surface area contributed by atoms with Crippen LogP contribution in [0.3, 0.4) is 0 Å². The Hall–Kier alpha value is -3.10. The lowest BCUT2D eigenvalue weighted by Gasteiger charge is -2.36. The predicted octanol–water partition coefficient (Wildman–Crippen LogP) is 3.50. The summed E-state index contributed by atoms with van der Waals surface area (Å²) in [5, 5.41) is 6.99. The molecule has 8 heteroatoms. The van der Waals surface area contributed by atoms with Gasteiger partial charge in [-0.2, -0.15) is 4.98 Å². The van der Waals surface area contributed by atoms with Crippen LogP contribution >= 0.6 is 0 Å². The van der Waals surface area contributed by atoms with Gasteiger partial charge in [0.15, 0.2) is 0 Å². The summed E-state index contributed by atoms with van der Waals surface area (Å²) < 4.78 is 19.0. The topological polar surface area (TPSA) is 74.5 Å². The van der Waals surface area contributed by atoms with Gasteiger partial charge in [-0.1, -0.05) is 23.4 Å². The van der Waals surface area contributed by atoms with E-state index in [1.165, 1.54) is 6.07 Å². The van der Waals surface area contributed by atoms with Crippen LogP contribution in [0.2, 0.25) is 0 Å². The Bertz CT molecular complexity index is 1030. The Morgan fingerprint density at radius 2 is 1.90 bits per heavy atom. The van der Waals surface area contributed by atoms with Gasteiger partial charge in [-0.05, 0) is 49.7 Å². The van der Waals surface area contributed by atoms with Gasteiger partial charge >= 0.3 is 0 Å². The molecule has 0 saturated carbocycles. The van der Waals surface area contributed by atoms with Crippen molar-refractivity contribution < 1.29 is 13.7 Å². The van der Waals surface area contributed by atoms with Crippen LogP contribution in [-0.2, 0) is 4.79 Å². The normalized spacial score (nSPS) is 16.2. The minimum atomic E-state index is -0.254. The van der Waals surface area contributed by atoms with E-state index in [0.29, 0.717) is 23.8 Å². The summed E-state index contributed by atoms with van der Waals surface area (Å²) >= 11 is 0. The molecule has 1 fully saturated rings. The van der Waals surface area contributed by atoms with E-state index in [1.54, 1.807) is 19.1 Å². The largest absolute Gasteiger partial charge is 0.337 e. The molecule has 0 spiro atoms. The van der Waals surface area contributed by atoms with Crippen molar-refractivity contribution in [1.82, 2.24) is 19.9 Å². The molecule has 1 aliphatic rings. The molecular weight excluding hydrogens is 397 g/mol. The number of nitrogens with one attached hydrogen (secondary N) is 1. The van der Waals surface area contributed by atoms with Crippen molar-refractivity contribution in [3.05, 3.63) is 65.8 Å². The van der Waals surface area contributed by atoms with Crippen molar-refractivity contribution in [3.63, 3.8) is 0 Å². The molecule has 1 N–H and O–H groups in total. The molecule has 4 rings (SSSR count). The van der Waals surface area contributed by atoms with Crippen LogP contribution in [0, 0.1) is 12.7 Å². The quantitative estimate of drug-likeness (QED) is 0.654. The number of hydrogen-bond acceptors (Lipinski definition) is 6. The first-order valence-corrected chi connectivity index (χ1v) is 10.4. The van der Waals surface area contributed by atoms with E-state index in [9.17, 15) is 9.18 Å². The molecule has 3 aromatic rings. The van der Waals surface area contributed by atoms with Crippen LogP contribution < -0.4 is 5.32 Å². The van der Waals surface area contributed by atoms with Crippen molar-refractivity contribution in [2.75, 3.05) is 38.0 Å². The van der Waals surface area contributed by atoms with Crippen LogP contribution in [0.15, 0.2) is 53.1 Å². The summed E-state index contributed by atoms with van der Waals surface area (Å²) in [6.07, 6.45) is 0. The third kappa shape index (κ3) is 5.15. The molecule has 1 unspecified atom stereocenters. The SMILES string of the molecule is Cc1cc(-c2noc(C(C)N3CCN(CC(=O)Nc4ccccc4)CC3)n2)ccc1F. The summed E-state index contributed by atoms with van der Waals surface area (Å²) in [4.78, 5) is 21.2. The summed E-state index contributed by atoms with van der Waals surface area (Å²) in [6.45, 7) is 7.27. The van der Waals surface area contributed by atoms with Crippen molar-refractivity contribution in [1.29, 1.82) is 0 Å². The fraction of sp³-hybridized carbons (Fsp3) is 0.348. The molecule has 31 heavy (non-hydrogen) atoms. The van der Waals surface area contributed by atoms with Gasteiger partial charge < -0.3 is 9.84 Å². The van der Waals surface area contributed by atoms with E-state index in [4.69, 9.17) is 4.52 Å². The smallest absolute Gasteiger partial charge is 0.244 e. The molecule has 1 aromatic heterocycles. The summed E-state index contributed by atoms with van der Waals surface area (Å²) in [6, 6.07) is 14.2. The predicted molar refractivity (Wildman–Crippen MR) is 116 cm³/mol. The number of benzene rings is 2. The third-order valence-electron chi connectivity index (χ3n) is 5.59. The molecule has 7 nitrogen and oxygen atoms in total. The number of piperazine rings is 1. The Labute approximate surface area is 180 Å². The highest BCUT2D eigenvalue weighted by Gasteiger charge is 2.26. The Balaban J connectivity index is 1.30. The lowest BCUT2D eigenvalue weighted by atomic mass is 10.1. The highest BCUT2D eigenvalue weighted by molar-refractivity contribution is 5.92. The number of carbonyl (C=O) groups is 1. The van der Waals surface area contributed by atoms with Crippen molar-refractivity contribution in [2.24, 2.45) is 0 Å². The van der Waals surface area contributed by atoms with Crippen molar-refractivity contribution in [2.45, 2.75) is 19.9 Å². The lowest BCUT2D eigenvalue weighted by Crippen LogP contribution is -2.49. The standard InChI is InChI=1S/C23H26FN5O2/c1-16-14-18(8-9-20(16)24)22-26-23(31-27-22)17(2)29-12-10-28(11-13-29)15-21(30)25-19-6-4-3-5-7-19/h3-9,14,17H,10-13,15H2,1-2H3,(H,25,30). The van der Waals surface area contributed by atoms with Gasteiger partial charge in [0.25, 0.3) is 0 Å². The molecule has 1 amide bonds. The second-order valence-electron chi connectivity index (χ2n) is 7.82. The maximum atomic E-state index is 13.5. The van der Waals surface area contributed by atoms with Crippen LogP contribution in [0.4, 0.5) is 10.1 Å². The molecule has 2 aromatic carbocycles. The van der Waals surface area contributed by atoms with Crippen LogP contribution in [-0.4, -0.2) is 58.6 Å². The van der Waals surface area contributed by atoms with E-state index >= 15 is 0 Å². The zero-order chi connectivity index (χ0) is 21.8. The Kier molecular flexibility index (Phi) is 6.39. The summed E-state index contributed by atoms with van der Waals surface area (Å²) in [5.74, 6) is 0.730. The van der Waals surface area contributed by atoms with E-state index in [0.717, 1.165) is 37.4 Å². The van der Waals surface area contributed by atoms with Gasteiger partial charge in [0, 0.05) is 37.4 Å². The fourth-order valence-corrected chi connectivity index (χ4v) is 3.70. The second-order valence-corrected chi connectivity index (χ2v) is 7.82. The molecule has 162 valence electrons. The summed E-state index contributed by atoms with van der Waals surface area (Å²) in [5.41, 5.74) is 2.09. The van der Waals surface area contributed by atoms with Crippen LogP contribution in [0.5, 0.6) is 0 Å². The molecule has 1 aliphatic heterocycles. The minimum Gasteiger partial charge on any atom is -0.337 e. The Morgan fingerprint density at radius 3 is 2.61 bits per heavy atom. The average Bonchev–Trinajstić information content (AvgIpc) is 3.26. The molecule has 0 bridgehead atoms. The fourth-order valence-electron chi connectivity index (χ4n) is 3.70. The van der Waals surface area contributed by atoms with Gasteiger partial charge in [0.2, 0.25) is 17.6 Å². The first-order valence-electron chi connectivity index (χ1n) is 10.4. The monoisotopic (exact) mass is 423 g/mol. The Morgan fingerprint density at radius 1 is 1.16 bits per heavy atom.